The Balaban J connectivity index is 2.21. The first-order valence-electron chi connectivity index (χ1n) is 10.1. The first kappa shape index (κ1) is 21.8. The Morgan fingerprint density at radius 3 is 2.55 bits per heavy atom. The lowest BCUT2D eigenvalue weighted by atomic mass is 9.76. The largest absolute Gasteiger partial charge is 0.479 e. The number of carboxylic acids is 1. The monoisotopic (exact) mass is 416 g/mol. The van der Waals surface area contributed by atoms with Crippen LogP contribution in [0.3, 0.4) is 0 Å². The molecule has 29 heavy (non-hydrogen) atoms. The maximum absolute atomic E-state index is 12.3. The van der Waals surface area contributed by atoms with Crippen LogP contribution >= 0.6 is 11.3 Å². The van der Waals surface area contributed by atoms with Crippen LogP contribution in [0.4, 0.5) is 0 Å². The summed E-state index contributed by atoms with van der Waals surface area (Å²) < 4.78 is 7.84. The van der Waals surface area contributed by atoms with E-state index in [-0.39, 0.29) is 5.41 Å². The highest BCUT2D eigenvalue weighted by atomic mass is 32.1. The number of aliphatic carboxylic acids is 1. The van der Waals surface area contributed by atoms with Crippen molar-refractivity contribution < 1.29 is 14.6 Å². The number of allylic oxidation sites excluding steroid dienone is 2. The highest BCUT2D eigenvalue weighted by molar-refractivity contribution is 7.16. The van der Waals surface area contributed by atoms with Crippen LogP contribution in [0, 0.1) is 12.3 Å². The minimum absolute atomic E-state index is 0.275. The quantitative estimate of drug-likeness (QED) is 0.650. The summed E-state index contributed by atoms with van der Waals surface area (Å²) in [5.41, 5.74) is 3.79. The van der Waals surface area contributed by atoms with Gasteiger partial charge in [0.2, 0.25) is 0 Å². The zero-order valence-electron chi connectivity index (χ0n) is 18.5. The maximum atomic E-state index is 12.3. The summed E-state index contributed by atoms with van der Waals surface area (Å²) in [4.78, 5) is 14.3. The summed E-state index contributed by atoms with van der Waals surface area (Å²) in [7, 11) is 1.90. The summed E-state index contributed by atoms with van der Waals surface area (Å²) in [6.07, 6.45) is 8.15. The van der Waals surface area contributed by atoms with E-state index >= 15 is 0 Å². The van der Waals surface area contributed by atoms with Gasteiger partial charge in [-0.15, -0.1) is 11.3 Å². The fraction of sp³-hybridized carbons (Fsp3) is 0.565. The van der Waals surface area contributed by atoms with Crippen molar-refractivity contribution >= 4 is 22.9 Å². The second-order valence-electron chi connectivity index (χ2n) is 9.72. The number of nitrogens with zero attached hydrogens (tertiary/aromatic N) is 2. The molecule has 6 heteroatoms. The number of aryl methyl sites for hydroxylation is 2. The lowest BCUT2D eigenvalue weighted by Gasteiger charge is -2.30. The molecule has 0 bridgehead atoms. The van der Waals surface area contributed by atoms with E-state index < -0.39 is 17.7 Å². The van der Waals surface area contributed by atoms with E-state index in [9.17, 15) is 9.90 Å². The molecule has 3 rings (SSSR count). The molecule has 1 N–H and O–H groups in total. The summed E-state index contributed by atoms with van der Waals surface area (Å²) in [5.74, 6) is -0.948. The molecule has 0 spiro atoms. The standard InChI is InChI=1S/C23H32N2O3S/c1-14-17(19(21(26)27)28-22(2,3)4)18(15-8-10-23(5,6)11-9-15)20(29-14)16-12-24-25(7)13-16/h8,12-13,19H,9-11H2,1-7H3,(H,26,27). The van der Waals surface area contributed by atoms with Crippen molar-refractivity contribution in [3.05, 3.63) is 34.5 Å². The SMILES string of the molecule is Cc1sc(-c2cnn(C)c2)c(C2=CCC(C)(C)CC2)c1C(OC(C)(C)C)C(=O)O. The number of thiophene rings is 1. The van der Waals surface area contributed by atoms with Gasteiger partial charge < -0.3 is 9.84 Å². The third-order valence-corrected chi connectivity index (χ3v) is 6.52. The minimum Gasteiger partial charge on any atom is -0.479 e. The van der Waals surface area contributed by atoms with Crippen LogP contribution in [-0.4, -0.2) is 26.5 Å². The second kappa shape index (κ2) is 7.73. The van der Waals surface area contributed by atoms with Crippen molar-refractivity contribution in [1.82, 2.24) is 9.78 Å². The van der Waals surface area contributed by atoms with Gasteiger partial charge in [0.15, 0.2) is 6.10 Å². The fourth-order valence-electron chi connectivity index (χ4n) is 3.82. The van der Waals surface area contributed by atoms with Crippen LogP contribution in [-0.2, 0) is 16.6 Å². The third kappa shape index (κ3) is 4.81. The van der Waals surface area contributed by atoms with Gasteiger partial charge in [-0.1, -0.05) is 19.9 Å². The zero-order chi connectivity index (χ0) is 21.6. The van der Waals surface area contributed by atoms with Gasteiger partial charge >= 0.3 is 5.97 Å². The van der Waals surface area contributed by atoms with Crippen molar-refractivity contribution in [2.24, 2.45) is 12.5 Å². The number of carboxylic acid groups (broad SMARTS) is 1. The average Bonchev–Trinajstić information content (AvgIpc) is 3.15. The normalized spacial score (nSPS) is 17.8. The summed E-state index contributed by atoms with van der Waals surface area (Å²) in [5, 5.41) is 14.4. The highest BCUT2D eigenvalue weighted by Gasteiger charge is 2.35. The van der Waals surface area contributed by atoms with E-state index in [2.05, 4.69) is 25.0 Å². The van der Waals surface area contributed by atoms with Crippen LogP contribution in [0.15, 0.2) is 18.5 Å². The van der Waals surface area contributed by atoms with Crippen LogP contribution in [0.25, 0.3) is 16.0 Å². The van der Waals surface area contributed by atoms with E-state index in [1.807, 2.05) is 47.1 Å². The molecule has 0 amide bonds. The maximum Gasteiger partial charge on any atom is 0.337 e. The van der Waals surface area contributed by atoms with Crippen molar-refractivity contribution in [2.45, 2.75) is 72.5 Å². The predicted octanol–water partition coefficient (Wildman–Crippen LogP) is 5.99. The van der Waals surface area contributed by atoms with Crippen molar-refractivity contribution in [3.63, 3.8) is 0 Å². The number of aromatic nitrogens is 2. The Kier molecular flexibility index (Phi) is 5.80. The van der Waals surface area contributed by atoms with Gasteiger partial charge in [0, 0.05) is 39.7 Å². The first-order chi connectivity index (χ1) is 13.4. The van der Waals surface area contributed by atoms with Crippen molar-refractivity contribution in [1.29, 1.82) is 0 Å². The van der Waals surface area contributed by atoms with E-state index in [1.165, 1.54) is 5.57 Å². The summed E-state index contributed by atoms with van der Waals surface area (Å²) in [6.45, 7) is 12.3. The summed E-state index contributed by atoms with van der Waals surface area (Å²) in [6, 6.07) is 0. The lowest BCUT2D eigenvalue weighted by Crippen LogP contribution is -2.28. The molecule has 0 aromatic carbocycles. The molecule has 0 radical (unpaired) electrons. The molecular weight excluding hydrogens is 384 g/mol. The minimum atomic E-state index is -0.998. The molecular formula is C23H32N2O3S. The molecule has 1 unspecified atom stereocenters. The average molecular weight is 417 g/mol. The smallest absolute Gasteiger partial charge is 0.337 e. The second-order valence-corrected chi connectivity index (χ2v) is 10.9. The number of hydrogen-bond acceptors (Lipinski definition) is 4. The molecule has 1 aliphatic rings. The molecule has 1 atom stereocenters. The predicted molar refractivity (Wildman–Crippen MR) is 118 cm³/mol. The van der Waals surface area contributed by atoms with E-state index in [0.29, 0.717) is 0 Å². The Hall–Kier alpha value is -1.92. The fourth-order valence-corrected chi connectivity index (χ4v) is 5.02. The highest BCUT2D eigenvalue weighted by Crippen LogP contribution is 2.48. The van der Waals surface area contributed by atoms with Crippen molar-refractivity contribution in [3.8, 4) is 10.4 Å². The lowest BCUT2D eigenvalue weighted by molar-refractivity contribution is -0.160. The Morgan fingerprint density at radius 1 is 1.38 bits per heavy atom. The van der Waals surface area contributed by atoms with Crippen molar-refractivity contribution in [2.75, 3.05) is 0 Å². The van der Waals surface area contributed by atoms with Crippen LogP contribution in [0.2, 0.25) is 0 Å². The Bertz CT molecular complexity index is 944. The molecule has 0 fully saturated rings. The van der Waals surface area contributed by atoms with Gasteiger partial charge in [0.05, 0.1) is 11.8 Å². The van der Waals surface area contributed by atoms with E-state index in [0.717, 1.165) is 45.7 Å². The molecule has 0 aliphatic heterocycles. The first-order valence-corrected chi connectivity index (χ1v) is 10.9. The Labute approximate surface area is 177 Å². The van der Waals surface area contributed by atoms with E-state index in [1.54, 1.807) is 16.0 Å². The molecule has 2 heterocycles. The molecule has 5 nitrogen and oxygen atoms in total. The van der Waals surface area contributed by atoms with Gasteiger partial charge in [-0.3, -0.25) is 4.68 Å². The van der Waals surface area contributed by atoms with Gasteiger partial charge in [-0.05, 0) is 57.9 Å². The Morgan fingerprint density at radius 2 is 2.07 bits per heavy atom. The topological polar surface area (TPSA) is 64.4 Å². The molecule has 2 aromatic rings. The third-order valence-electron chi connectivity index (χ3n) is 5.35. The molecule has 0 saturated carbocycles. The van der Waals surface area contributed by atoms with Gasteiger partial charge in [0.25, 0.3) is 0 Å². The van der Waals surface area contributed by atoms with Crippen LogP contribution in [0.1, 0.15) is 76.0 Å². The van der Waals surface area contributed by atoms with Gasteiger partial charge in [-0.25, -0.2) is 4.79 Å². The van der Waals surface area contributed by atoms with Gasteiger partial charge in [0.1, 0.15) is 0 Å². The van der Waals surface area contributed by atoms with Gasteiger partial charge in [-0.2, -0.15) is 5.10 Å². The van der Waals surface area contributed by atoms with E-state index in [4.69, 9.17) is 4.74 Å². The molecule has 1 aliphatic carbocycles. The van der Waals surface area contributed by atoms with Crippen LogP contribution in [0.5, 0.6) is 0 Å². The molecule has 2 aromatic heterocycles. The molecule has 0 saturated heterocycles. The molecule has 158 valence electrons. The zero-order valence-corrected chi connectivity index (χ0v) is 19.3. The number of ether oxygens (including phenoxy) is 1. The number of rotatable bonds is 5. The number of hydrogen-bond donors (Lipinski definition) is 1. The summed E-state index contributed by atoms with van der Waals surface area (Å²) >= 11 is 1.64. The number of carbonyl (C=O) groups is 1. The van der Waals surface area contributed by atoms with Crippen LogP contribution < -0.4 is 0 Å².